The lowest BCUT2D eigenvalue weighted by molar-refractivity contribution is -0.122. The molecule has 2 aromatic rings. The highest BCUT2D eigenvalue weighted by molar-refractivity contribution is 5.78. The highest BCUT2D eigenvalue weighted by Crippen LogP contribution is 2.40. The maximum absolute atomic E-state index is 12.2. The van der Waals surface area contributed by atoms with Crippen LogP contribution in [0.5, 0.6) is 0 Å². The molecule has 0 saturated heterocycles. The number of nitrogens with zero attached hydrogens (tertiary/aromatic N) is 2. The third kappa shape index (κ3) is 4.45. The molecule has 1 aliphatic carbocycles. The number of rotatable bonds is 7. The van der Waals surface area contributed by atoms with Crippen LogP contribution in [0.15, 0.2) is 34.9 Å². The Kier molecular flexibility index (Phi) is 5.00. The summed E-state index contributed by atoms with van der Waals surface area (Å²) in [6, 6.07) is 10.2. The van der Waals surface area contributed by atoms with E-state index < -0.39 is 0 Å². The average molecular weight is 327 g/mol. The Bertz CT molecular complexity index is 689. The lowest BCUT2D eigenvalue weighted by Crippen LogP contribution is -2.36. The second-order valence-corrected chi connectivity index (χ2v) is 6.87. The van der Waals surface area contributed by atoms with Gasteiger partial charge in [0.2, 0.25) is 5.91 Å². The highest BCUT2D eigenvalue weighted by Gasteiger charge is 2.28. The quantitative estimate of drug-likeness (QED) is 0.848. The van der Waals surface area contributed by atoms with Crippen LogP contribution in [0.25, 0.3) is 0 Å². The van der Waals surface area contributed by atoms with Gasteiger partial charge in [0.1, 0.15) is 5.76 Å². The summed E-state index contributed by atoms with van der Waals surface area (Å²) in [4.78, 5) is 14.2. The highest BCUT2D eigenvalue weighted by atomic mass is 16.5. The van der Waals surface area contributed by atoms with Crippen molar-refractivity contribution in [1.82, 2.24) is 15.4 Å². The SMILES string of the molecule is Cc1ccc([C@@H](C)NC(=O)CN(C)Cc2cc(C3CC3)on2)cc1. The maximum atomic E-state index is 12.2. The first kappa shape index (κ1) is 16.7. The lowest BCUT2D eigenvalue weighted by atomic mass is 10.1. The molecular weight excluding hydrogens is 302 g/mol. The molecule has 5 heteroatoms. The van der Waals surface area contributed by atoms with Crippen molar-refractivity contribution in [1.29, 1.82) is 0 Å². The molecule has 5 nitrogen and oxygen atoms in total. The summed E-state index contributed by atoms with van der Waals surface area (Å²) in [6.07, 6.45) is 2.40. The van der Waals surface area contributed by atoms with E-state index >= 15 is 0 Å². The second-order valence-electron chi connectivity index (χ2n) is 6.87. The molecule has 24 heavy (non-hydrogen) atoms. The first-order valence-electron chi connectivity index (χ1n) is 8.51. The van der Waals surface area contributed by atoms with Crippen molar-refractivity contribution in [3.05, 3.63) is 52.9 Å². The predicted molar refractivity (Wildman–Crippen MR) is 92.5 cm³/mol. The van der Waals surface area contributed by atoms with Gasteiger partial charge in [-0.2, -0.15) is 0 Å². The number of aromatic nitrogens is 1. The number of aryl methyl sites for hydroxylation is 1. The molecule has 1 heterocycles. The molecule has 1 N–H and O–H groups in total. The Morgan fingerprint density at radius 1 is 1.38 bits per heavy atom. The molecule has 128 valence electrons. The first-order valence-corrected chi connectivity index (χ1v) is 8.51. The van der Waals surface area contributed by atoms with Crippen molar-refractivity contribution in [2.75, 3.05) is 13.6 Å². The van der Waals surface area contributed by atoms with Crippen molar-refractivity contribution >= 4 is 5.91 Å². The summed E-state index contributed by atoms with van der Waals surface area (Å²) in [7, 11) is 1.92. The summed E-state index contributed by atoms with van der Waals surface area (Å²) < 4.78 is 5.35. The number of amides is 1. The molecule has 1 saturated carbocycles. The van der Waals surface area contributed by atoms with Gasteiger partial charge in [-0.15, -0.1) is 0 Å². The van der Waals surface area contributed by atoms with E-state index in [2.05, 4.69) is 41.7 Å². The Labute approximate surface area is 143 Å². The zero-order valence-corrected chi connectivity index (χ0v) is 14.6. The largest absolute Gasteiger partial charge is 0.361 e. The molecular formula is C19H25N3O2. The zero-order valence-electron chi connectivity index (χ0n) is 14.6. The number of hydrogen-bond acceptors (Lipinski definition) is 4. The summed E-state index contributed by atoms with van der Waals surface area (Å²) in [5.74, 6) is 1.56. The number of carbonyl (C=O) groups is 1. The molecule has 1 aromatic carbocycles. The van der Waals surface area contributed by atoms with Gasteiger partial charge in [-0.3, -0.25) is 9.69 Å². The van der Waals surface area contributed by atoms with Gasteiger partial charge in [0.05, 0.1) is 18.3 Å². The van der Waals surface area contributed by atoms with Gasteiger partial charge in [-0.25, -0.2) is 0 Å². The number of likely N-dealkylation sites (N-methyl/N-ethyl adjacent to an activating group) is 1. The van der Waals surface area contributed by atoms with E-state index in [1.165, 1.54) is 18.4 Å². The molecule has 0 aliphatic heterocycles. The molecule has 1 atom stereocenters. The Morgan fingerprint density at radius 2 is 2.08 bits per heavy atom. The van der Waals surface area contributed by atoms with Crippen LogP contribution in [0, 0.1) is 6.92 Å². The topological polar surface area (TPSA) is 58.4 Å². The Balaban J connectivity index is 1.47. The minimum Gasteiger partial charge on any atom is -0.361 e. The van der Waals surface area contributed by atoms with Crippen LogP contribution in [-0.4, -0.2) is 29.6 Å². The van der Waals surface area contributed by atoms with E-state index in [1.807, 2.05) is 24.9 Å². The number of carbonyl (C=O) groups excluding carboxylic acids is 1. The normalized spacial score (nSPS) is 15.5. The summed E-state index contributed by atoms with van der Waals surface area (Å²) >= 11 is 0. The molecule has 0 unspecified atom stereocenters. The molecule has 1 aliphatic rings. The van der Waals surface area contributed by atoms with Crippen molar-refractivity contribution < 1.29 is 9.32 Å². The van der Waals surface area contributed by atoms with Crippen molar-refractivity contribution in [3.63, 3.8) is 0 Å². The van der Waals surface area contributed by atoms with E-state index in [4.69, 9.17) is 4.52 Å². The van der Waals surface area contributed by atoms with Crippen molar-refractivity contribution in [3.8, 4) is 0 Å². The van der Waals surface area contributed by atoms with Gasteiger partial charge >= 0.3 is 0 Å². The standard InChI is InChI=1S/C19H25N3O2/c1-13-4-6-15(7-5-13)14(2)20-19(23)12-22(3)11-17-10-18(24-21-17)16-8-9-16/h4-7,10,14,16H,8-9,11-12H2,1-3H3,(H,20,23)/t14-/m1/s1. The zero-order chi connectivity index (χ0) is 17.1. The van der Waals surface area contributed by atoms with Gasteiger partial charge in [0.25, 0.3) is 0 Å². The third-order valence-corrected chi connectivity index (χ3v) is 4.36. The minimum absolute atomic E-state index is 0.0000181. The van der Waals surface area contributed by atoms with E-state index in [-0.39, 0.29) is 11.9 Å². The average Bonchev–Trinajstić information content (AvgIpc) is 3.28. The fourth-order valence-electron chi connectivity index (χ4n) is 2.77. The second kappa shape index (κ2) is 7.18. The van der Waals surface area contributed by atoms with E-state index in [0.29, 0.717) is 19.0 Å². The predicted octanol–water partition coefficient (Wildman–Crippen LogP) is 3.17. The van der Waals surface area contributed by atoms with Crippen molar-refractivity contribution in [2.45, 2.75) is 45.2 Å². The number of benzene rings is 1. The van der Waals surface area contributed by atoms with Crippen LogP contribution >= 0.6 is 0 Å². The maximum Gasteiger partial charge on any atom is 0.234 e. The molecule has 1 fully saturated rings. The molecule has 1 amide bonds. The van der Waals surface area contributed by atoms with E-state index in [0.717, 1.165) is 17.0 Å². The van der Waals surface area contributed by atoms with Crippen LogP contribution in [0.2, 0.25) is 0 Å². The van der Waals surface area contributed by atoms with Gasteiger partial charge in [0.15, 0.2) is 0 Å². The number of nitrogens with one attached hydrogen (secondary N) is 1. The van der Waals surface area contributed by atoms with Crippen LogP contribution in [0.3, 0.4) is 0 Å². The fraction of sp³-hybridized carbons (Fsp3) is 0.474. The smallest absolute Gasteiger partial charge is 0.234 e. The molecule has 3 rings (SSSR count). The van der Waals surface area contributed by atoms with Crippen LogP contribution in [-0.2, 0) is 11.3 Å². The fourth-order valence-corrected chi connectivity index (χ4v) is 2.77. The van der Waals surface area contributed by atoms with E-state index in [9.17, 15) is 4.79 Å². The summed E-state index contributed by atoms with van der Waals surface area (Å²) in [5, 5.41) is 7.13. The molecule has 0 bridgehead atoms. The van der Waals surface area contributed by atoms with Gasteiger partial charge in [-0.05, 0) is 39.3 Å². The summed E-state index contributed by atoms with van der Waals surface area (Å²) in [6.45, 7) is 5.01. The van der Waals surface area contributed by atoms with E-state index in [1.54, 1.807) is 0 Å². The van der Waals surface area contributed by atoms with Crippen molar-refractivity contribution in [2.24, 2.45) is 0 Å². The third-order valence-electron chi connectivity index (χ3n) is 4.36. The van der Waals surface area contributed by atoms with Gasteiger partial charge < -0.3 is 9.84 Å². The van der Waals surface area contributed by atoms with Gasteiger partial charge in [-0.1, -0.05) is 35.0 Å². The summed E-state index contributed by atoms with van der Waals surface area (Å²) in [5.41, 5.74) is 3.22. The van der Waals surface area contributed by atoms with Gasteiger partial charge in [0, 0.05) is 18.5 Å². The number of hydrogen-bond donors (Lipinski definition) is 1. The monoisotopic (exact) mass is 327 g/mol. The first-order chi connectivity index (χ1) is 11.5. The Hall–Kier alpha value is -2.14. The molecule has 0 spiro atoms. The molecule has 0 radical (unpaired) electrons. The lowest BCUT2D eigenvalue weighted by Gasteiger charge is -2.18. The van der Waals surface area contributed by atoms with Crippen LogP contribution in [0.4, 0.5) is 0 Å². The van der Waals surface area contributed by atoms with Crippen LogP contribution in [0.1, 0.15) is 54.3 Å². The Morgan fingerprint density at radius 3 is 2.75 bits per heavy atom. The minimum atomic E-state index is 0.0000181. The van der Waals surface area contributed by atoms with Crippen LogP contribution < -0.4 is 5.32 Å². The molecule has 1 aromatic heterocycles.